The summed E-state index contributed by atoms with van der Waals surface area (Å²) in [6.45, 7) is 1.73. The number of benzene rings is 2. The number of para-hydroxylation sites is 1. The molecule has 1 aromatic heterocycles. The average molecular weight is 453 g/mol. The van der Waals surface area contributed by atoms with Crippen LogP contribution in [0.15, 0.2) is 65.5 Å². The Morgan fingerprint density at radius 2 is 2.03 bits per heavy atom. The number of halogens is 1. The summed E-state index contributed by atoms with van der Waals surface area (Å²) in [5.41, 5.74) is 1.30. The number of hydrogen-bond acceptors (Lipinski definition) is 5. The minimum Gasteiger partial charge on any atom is -0.496 e. The molecule has 1 atom stereocenters. The molecule has 1 aliphatic heterocycles. The first-order chi connectivity index (χ1) is 15.5. The van der Waals surface area contributed by atoms with Gasteiger partial charge < -0.3 is 15.0 Å². The number of nitrogens with one attached hydrogen (secondary N) is 1. The number of amides is 1. The summed E-state index contributed by atoms with van der Waals surface area (Å²) in [6.07, 6.45) is 1.67. The molecule has 2 aromatic carbocycles. The average Bonchev–Trinajstić information content (AvgIpc) is 2.83. The largest absolute Gasteiger partial charge is 0.496 e. The molecule has 0 radical (unpaired) electrons. The maximum atomic E-state index is 12.9. The molecule has 0 aliphatic carbocycles. The molecule has 3 aromatic rings. The van der Waals surface area contributed by atoms with E-state index in [9.17, 15) is 9.59 Å². The molecule has 2 heterocycles. The molecule has 32 heavy (non-hydrogen) atoms. The van der Waals surface area contributed by atoms with E-state index in [1.54, 1.807) is 37.4 Å². The lowest BCUT2D eigenvalue weighted by molar-refractivity contribution is -0.125. The van der Waals surface area contributed by atoms with Gasteiger partial charge in [-0.05, 0) is 43.2 Å². The lowest BCUT2D eigenvalue weighted by atomic mass is 9.97. The fraction of sp³-hybridized carbons (Fsp3) is 0.292. The number of piperidine rings is 1. The molecule has 1 N–H and O–H groups in total. The van der Waals surface area contributed by atoms with Crippen LogP contribution in [-0.2, 0) is 11.3 Å². The molecule has 4 rings (SSSR count). The van der Waals surface area contributed by atoms with Gasteiger partial charge in [-0.15, -0.1) is 5.10 Å². The van der Waals surface area contributed by atoms with Crippen molar-refractivity contribution < 1.29 is 9.53 Å². The Labute approximate surface area is 191 Å². The van der Waals surface area contributed by atoms with Gasteiger partial charge in [-0.3, -0.25) is 9.59 Å². The molecule has 1 fully saturated rings. The molecular formula is C24H25ClN4O3. The minimum absolute atomic E-state index is 0.00349. The number of ether oxygens (including phenoxy) is 1. The van der Waals surface area contributed by atoms with Crippen LogP contribution in [0.1, 0.15) is 18.4 Å². The zero-order valence-electron chi connectivity index (χ0n) is 17.8. The van der Waals surface area contributed by atoms with Crippen molar-refractivity contribution in [2.45, 2.75) is 19.4 Å². The number of rotatable bonds is 6. The molecule has 0 bridgehead atoms. The SMILES string of the molecule is COc1ccccc1CNC(=O)[C@@H]1CCCN(c2ccc(=O)n(-c3cccc(Cl)c3)n2)C1. The third-order valence-electron chi connectivity index (χ3n) is 5.60. The van der Waals surface area contributed by atoms with Crippen LogP contribution in [0, 0.1) is 5.92 Å². The summed E-state index contributed by atoms with van der Waals surface area (Å²) in [6, 6.07) is 17.9. The van der Waals surface area contributed by atoms with Gasteiger partial charge in [-0.25, -0.2) is 0 Å². The van der Waals surface area contributed by atoms with Gasteiger partial charge in [0.25, 0.3) is 5.56 Å². The molecular weight excluding hydrogens is 428 g/mol. The van der Waals surface area contributed by atoms with Gasteiger partial charge in [0, 0.05) is 36.3 Å². The zero-order valence-corrected chi connectivity index (χ0v) is 18.6. The second-order valence-electron chi connectivity index (χ2n) is 7.74. The molecule has 8 heteroatoms. The summed E-state index contributed by atoms with van der Waals surface area (Å²) in [5.74, 6) is 1.26. The summed E-state index contributed by atoms with van der Waals surface area (Å²) in [5, 5.41) is 8.11. The first-order valence-corrected chi connectivity index (χ1v) is 10.9. The highest BCUT2D eigenvalue weighted by atomic mass is 35.5. The molecule has 1 saturated heterocycles. The summed E-state index contributed by atoms with van der Waals surface area (Å²) < 4.78 is 6.70. The highest BCUT2D eigenvalue weighted by molar-refractivity contribution is 6.30. The number of aromatic nitrogens is 2. The van der Waals surface area contributed by atoms with Gasteiger partial charge in [0.05, 0.1) is 18.7 Å². The number of nitrogens with zero attached hydrogens (tertiary/aromatic N) is 3. The van der Waals surface area contributed by atoms with Crippen molar-refractivity contribution in [2.24, 2.45) is 5.92 Å². The lowest BCUT2D eigenvalue weighted by Gasteiger charge is -2.33. The van der Waals surface area contributed by atoms with Crippen molar-refractivity contribution in [1.82, 2.24) is 15.1 Å². The Balaban J connectivity index is 1.46. The van der Waals surface area contributed by atoms with Crippen LogP contribution < -0.4 is 20.5 Å². The molecule has 0 saturated carbocycles. The minimum atomic E-state index is -0.237. The van der Waals surface area contributed by atoms with Gasteiger partial charge in [0.2, 0.25) is 5.91 Å². The summed E-state index contributed by atoms with van der Waals surface area (Å²) in [7, 11) is 1.62. The predicted molar refractivity (Wildman–Crippen MR) is 125 cm³/mol. The van der Waals surface area contributed by atoms with Crippen LogP contribution in [-0.4, -0.2) is 35.9 Å². The van der Waals surface area contributed by atoms with E-state index in [4.69, 9.17) is 16.3 Å². The first-order valence-electron chi connectivity index (χ1n) is 10.6. The van der Waals surface area contributed by atoms with Gasteiger partial charge in [0.15, 0.2) is 0 Å². The Hall–Kier alpha value is -3.32. The van der Waals surface area contributed by atoms with Crippen LogP contribution >= 0.6 is 11.6 Å². The van der Waals surface area contributed by atoms with Crippen LogP contribution in [0.3, 0.4) is 0 Å². The van der Waals surface area contributed by atoms with E-state index in [0.717, 1.165) is 30.7 Å². The number of methoxy groups -OCH3 is 1. The Kier molecular flexibility index (Phi) is 6.75. The first kappa shape index (κ1) is 21.9. The van der Waals surface area contributed by atoms with E-state index in [1.165, 1.54) is 10.7 Å². The highest BCUT2D eigenvalue weighted by Gasteiger charge is 2.27. The van der Waals surface area contributed by atoms with Crippen molar-refractivity contribution >= 4 is 23.3 Å². The van der Waals surface area contributed by atoms with Crippen molar-refractivity contribution in [3.8, 4) is 11.4 Å². The van der Waals surface area contributed by atoms with Gasteiger partial charge in [-0.2, -0.15) is 4.68 Å². The van der Waals surface area contributed by atoms with E-state index in [-0.39, 0.29) is 17.4 Å². The Morgan fingerprint density at radius 3 is 2.84 bits per heavy atom. The van der Waals surface area contributed by atoms with Crippen LogP contribution in [0.4, 0.5) is 5.82 Å². The molecule has 0 spiro atoms. The van der Waals surface area contributed by atoms with Crippen LogP contribution in [0.5, 0.6) is 5.75 Å². The lowest BCUT2D eigenvalue weighted by Crippen LogP contribution is -2.43. The number of carbonyl (C=O) groups is 1. The summed E-state index contributed by atoms with van der Waals surface area (Å²) in [4.78, 5) is 27.3. The second kappa shape index (κ2) is 9.87. The van der Waals surface area contributed by atoms with Gasteiger partial charge in [0.1, 0.15) is 11.6 Å². The molecule has 7 nitrogen and oxygen atoms in total. The molecule has 1 aliphatic rings. The van der Waals surface area contributed by atoms with Crippen molar-refractivity contribution in [1.29, 1.82) is 0 Å². The predicted octanol–water partition coefficient (Wildman–Crippen LogP) is 3.43. The van der Waals surface area contributed by atoms with E-state index >= 15 is 0 Å². The van der Waals surface area contributed by atoms with Crippen LogP contribution in [0.25, 0.3) is 5.69 Å². The standard InChI is InChI=1S/C24H25ClN4O3/c1-32-21-10-3-2-6-17(21)15-26-24(31)18-7-5-13-28(16-18)22-11-12-23(30)29(27-22)20-9-4-8-19(25)14-20/h2-4,6,8-12,14,18H,5,7,13,15-16H2,1H3,(H,26,31)/t18-/m1/s1. The summed E-state index contributed by atoms with van der Waals surface area (Å²) >= 11 is 6.08. The fourth-order valence-corrected chi connectivity index (χ4v) is 4.12. The zero-order chi connectivity index (χ0) is 22.5. The third kappa shape index (κ3) is 4.94. The van der Waals surface area contributed by atoms with Crippen molar-refractivity contribution in [2.75, 3.05) is 25.1 Å². The third-order valence-corrected chi connectivity index (χ3v) is 5.84. The molecule has 1 amide bonds. The quantitative estimate of drug-likeness (QED) is 0.620. The number of anilines is 1. The number of hydrogen-bond donors (Lipinski definition) is 1. The van der Waals surface area contributed by atoms with Gasteiger partial charge >= 0.3 is 0 Å². The van der Waals surface area contributed by atoms with Crippen LogP contribution in [0.2, 0.25) is 5.02 Å². The topological polar surface area (TPSA) is 76.5 Å². The second-order valence-corrected chi connectivity index (χ2v) is 8.17. The maximum absolute atomic E-state index is 12.9. The van der Waals surface area contributed by atoms with E-state index in [1.807, 2.05) is 24.3 Å². The highest BCUT2D eigenvalue weighted by Crippen LogP contribution is 2.23. The normalized spacial score (nSPS) is 15.9. The number of carbonyl (C=O) groups excluding carboxylic acids is 1. The maximum Gasteiger partial charge on any atom is 0.271 e. The fourth-order valence-electron chi connectivity index (χ4n) is 3.94. The van der Waals surface area contributed by atoms with Crippen molar-refractivity contribution in [3.05, 3.63) is 81.6 Å². The molecule has 166 valence electrons. The van der Waals surface area contributed by atoms with E-state index < -0.39 is 0 Å². The smallest absolute Gasteiger partial charge is 0.271 e. The Bertz CT molecular complexity index is 1160. The Morgan fingerprint density at radius 1 is 1.19 bits per heavy atom. The monoisotopic (exact) mass is 452 g/mol. The molecule has 0 unspecified atom stereocenters. The van der Waals surface area contributed by atoms with E-state index in [0.29, 0.717) is 29.6 Å². The van der Waals surface area contributed by atoms with Crippen molar-refractivity contribution in [3.63, 3.8) is 0 Å². The van der Waals surface area contributed by atoms with Gasteiger partial charge in [-0.1, -0.05) is 35.9 Å². The van der Waals surface area contributed by atoms with E-state index in [2.05, 4.69) is 15.3 Å².